The van der Waals surface area contributed by atoms with E-state index in [9.17, 15) is 9.90 Å². The smallest absolute Gasteiger partial charge is 0.271 e. The van der Waals surface area contributed by atoms with Gasteiger partial charge in [0.25, 0.3) is 5.91 Å². The van der Waals surface area contributed by atoms with Crippen LogP contribution in [0.5, 0.6) is 11.5 Å². The summed E-state index contributed by atoms with van der Waals surface area (Å²) in [5.74, 6) is -0.574. The van der Waals surface area contributed by atoms with Crippen LogP contribution in [0.15, 0.2) is 47.6 Å². The minimum Gasteiger partial charge on any atom is -0.508 e. The van der Waals surface area contributed by atoms with Gasteiger partial charge in [-0.25, -0.2) is 5.43 Å². The third-order valence-electron chi connectivity index (χ3n) is 2.49. The first-order valence-electron chi connectivity index (χ1n) is 5.67. The first-order chi connectivity index (χ1) is 9.56. The first kappa shape index (κ1) is 13.9. The molecule has 0 saturated heterocycles. The van der Waals surface area contributed by atoms with Crippen molar-refractivity contribution in [3.8, 4) is 11.5 Å². The predicted molar refractivity (Wildman–Crippen MR) is 76.3 cm³/mol. The van der Waals surface area contributed by atoms with Crippen LogP contribution in [0.25, 0.3) is 0 Å². The Bertz CT molecular complexity index is 654. The largest absolute Gasteiger partial charge is 0.508 e. The van der Waals surface area contributed by atoms with Crippen molar-refractivity contribution in [2.24, 2.45) is 5.10 Å². The zero-order valence-electron chi connectivity index (χ0n) is 10.2. The second-order valence-electron chi connectivity index (χ2n) is 3.95. The van der Waals surface area contributed by atoms with E-state index in [0.29, 0.717) is 16.1 Å². The van der Waals surface area contributed by atoms with E-state index in [0.717, 1.165) is 0 Å². The number of hydrogen-bond acceptors (Lipinski definition) is 4. The molecule has 6 heteroatoms. The van der Waals surface area contributed by atoms with Gasteiger partial charge in [-0.05, 0) is 36.4 Å². The molecule has 0 spiro atoms. The highest BCUT2D eigenvalue weighted by molar-refractivity contribution is 6.30. The molecule has 5 nitrogen and oxygen atoms in total. The minimum atomic E-state index is -0.392. The number of halogens is 1. The molecule has 2 rings (SSSR count). The topological polar surface area (TPSA) is 81.9 Å². The molecule has 0 heterocycles. The fourth-order valence-electron chi connectivity index (χ4n) is 1.47. The zero-order chi connectivity index (χ0) is 14.5. The van der Waals surface area contributed by atoms with Crippen molar-refractivity contribution in [3.63, 3.8) is 0 Å². The Morgan fingerprint density at radius 2 is 1.85 bits per heavy atom. The average molecular weight is 291 g/mol. The Morgan fingerprint density at radius 1 is 1.15 bits per heavy atom. The van der Waals surface area contributed by atoms with Crippen LogP contribution >= 0.6 is 11.6 Å². The fraction of sp³-hybridized carbons (Fsp3) is 0. The van der Waals surface area contributed by atoms with Gasteiger partial charge in [0.05, 0.1) is 6.21 Å². The van der Waals surface area contributed by atoms with E-state index >= 15 is 0 Å². The van der Waals surface area contributed by atoms with Crippen molar-refractivity contribution < 1.29 is 15.0 Å². The van der Waals surface area contributed by atoms with Crippen LogP contribution in [0.1, 0.15) is 15.9 Å². The average Bonchev–Trinajstić information content (AvgIpc) is 2.42. The van der Waals surface area contributed by atoms with E-state index in [1.807, 2.05) is 0 Å². The normalized spacial score (nSPS) is 10.7. The molecule has 0 atom stereocenters. The summed E-state index contributed by atoms with van der Waals surface area (Å²) in [5, 5.41) is 22.9. The van der Waals surface area contributed by atoms with Crippen LogP contribution in [0.2, 0.25) is 5.02 Å². The Balaban J connectivity index is 2.02. The highest BCUT2D eigenvalue weighted by Crippen LogP contribution is 2.20. The van der Waals surface area contributed by atoms with Crippen molar-refractivity contribution in [1.82, 2.24) is 5.43 Å². The number of phenolic OH excluding ortho intramolecular Hbond substituents is 2. The molecule has 0 aromatic heterocycles. The summed E-state index contributed by atoms with van der Waals surface area (Å²) in [7, 11) is 0. The van der Waals surface area contributed by atoms with Crippen LogP contribution in [-0.4, -0.2) is 22.3 Å². The molecular formula is C14H11ClN2O3. The van der Waals surface area contributed by atoms with E-state index in [2.05, 4.69) is 10.5 Å². The van der Waals surface area contributed by atoms with Gasteiger partial charge in [-0.15, -0.1) is 0 Å². The maximum Gasteiger partial charge on any atom is 0.271 e. The third-order valence-corrected chi connectivity index (χ3v) is 2.74. The number of nitrogens with one attached hydrogen (secondary N) is 1. The number of benzene rings is 2. The van der Waals surface area contributed by atoms with E-state index < -0.39 is 5.91 Å². The Hall–Kier alpha value is -2.53. The Kier molecular flexibility index (Phi) is 4.22. The summed E-state index contributed by atoms with van der Waals surface area (Å²) in [4.78, 5) is 11.7. The number of carbonyl (C=O) groups is 1. The second-order valence-corrected chi connectivity index (χ2v) is 4.39. The van der Waals surface area contributed by atoms with E-state index in [-0.39, 0.29) is 11.5 Å². The number of aromatic hydroxyl groups is 2. The van der Waals surface area contributed by atoms with E-state index in [1.165, 1.54) is 24.4 Å². The molecule has 0 aliphatic rings. The summed E-state index contributed by atoms with van der Waals surface area (Å²) < 4.78 is 0. The second kappa shape index (κ2) is 6.08. The summed E-state index contributed by atoms with van der Waals surface area (Å²) in [6.45, 7) is 0. The molecule has 1 amide bonds. The highest BCUT2D eigenvalue weighted by Gasteiger charge is 2.03. The van der Waals surface area contributed by atoms with Crippen LogP contribution in [0, 0.1) is 0 Å². The van der Waals surface area contributed by atoms with Crippen molar-refractivity contribution >= 4 is 23.7 Å². The standard InChI is InChI=1S/C14H11ClN2O3/c15-11-4-1-9(2-5-11)14(20)17-16-8-10-3-6-12(18)7-13(10)19/h1-8,18-19H,(H,17,20)/b16-8+. The third kappa shape index (κ3) is 3.49. The number of phenols is 2. The van der Waals surface area contributed by atoms with E-state index in [1.54, 1.807) is 24.3 Å². The Labute approximate surface area is 120 Å². The summed E-state index contributed by atoms with van der Waals surface area (Å²) in [6, 6.07) is 10.4. The van der Waals surface area contributed by atoms with Gasteiger partial charge in [0, 0.05) is 22.2 Å². The summed E-state index contributed by atoms with van der Waals surface area (Å²) >= 11 is 5.72. The SMILES string of the molecule is O=C(N/N=C/c1ccc(O)cc1O)c1ccc(Cl)cc1. The molecule has 2 aromatic carbocycles. The molecule has 0 bridgehead atoms. The molecule has 102 valence electrons. The van der Waals surface area contributed by atoms with Gasteiger partial charge in [0.15, 0.2) is 0 Å². The lowest BCUT2D eigenvalue weighted by atomic mass is 10.2. The molecule has 0 saturated carbocycles. The summed E-state index contributed by atoms with van der Waals surface area (Å²) in [6.07, 6.45) is 1.28. The van der Waals surface area contributed by atoms with Gasteiger partial charge in [0.2, 0.25) is 0 Å². The Morgan fingerprint density at radius 3 is 2.50 bits per heavy atom. The monoisotopic (exact) mass is 290 g/mol. The maximum atomic E-state index is 11.7. The molecule has 0 aliphatic carbocycles. The van der Waals surface area contributed by atoms with Crippen molar-refractivity contribution in [1.29, 1.82) is 0 Å². The lowest BCUT2D eigenvalue weighted by molar-refractivity contribution is 0.0955. The quantitative estimate of drug-likeness (QED) is 0.600. The number of hydrogen-bond donors (Lipinski definition) is 3. The van der Waals surface area contributed by atoms with Crippen molar-refractivity contribution in [2.45, 2.75) is 0 Å². The van der Waals surface area contributed by atoms with Crippen LogP contribution in [0.4, 0.5) is 0 Å². The summed E-state index contributed by atoms with van der Waals surface area (Å²) in [5.41, 5.74) is 3.11. The lowest BCUT2D eigenvalue weighted by Gasteiger charge is -2.01. The molecule has 0 unspecified atom stereocenters. The molecular weight excluding hydrogens is 280 g/mol. The lowest BCUT2D eigenvalue weighted by Crippen LogP contribution is -2.17. The number of carbonyl (C=O) groups excluding carboxylic acids is 1. The van der Waals surface area contributed by atoms with Crippen LogP contribution in [-0.2, 0) is 0 Å². The van der Waals surface area contributed by atoms with Crippen molar-refractivity contribution in [2.75, 3.05) is 0 Å². The zero-order valence-corrected chi connectivity index (χ0v) is 11.0. The number of nitrogens with zero attached hydrogens (tertiary/aromatic N) is 1. The first-order valence-corrected chi connectivity index (χ1v) is 6.05. The van der Waals surface area contributed by atoms with Crippen molar-refractivity contribution in [3.05, 3.63) is 58.6 Å². The minimum absolute atomic E-state index is 0.0511. The highest BCUT2D eigenvalue weighted by atomic mass is 35.5. The number of hydrazone groups is 1. The van der Waals surface area contributed by atoms with Crippen LogP contribution in [0.3, 0.4) is 0 Å². The van der Waals surface area contributed by atoms with Gasteiger partial charge in [-0.3, -0.25) is 4.79 Å². The molecule has 0 radical (unpaired) electrons. The molecule has 3 N–H and O–H groups in total. The molecule has 0 aliphatic heterocycles. The van der Waals surface area contributed by atoms with Gasteiger partial charge in [-0.2, -0.15) is 5.10 Å². The molecule has 20 heavy (non-hydrogen) atoms. The predicted octanol–water partition coefficient (Wildman–Crippen LogP) is 2.52. The maximum absolute atomic E-state index is 11.7. The fourth-order valence-corrected chi connectivity index (χ4v) is 1.59. The van der Waals surface area contributed by atoms with Gasteiger partial charge in [-0.1, -0.05) is 11.6 Å². The number of amides is 1. The van der Waals surface area contributed by atoms with Gasteiger partial charge in [0.1, 0.15) is 11.5 Å². The van der Waals surface area contributed by atoms with Crippen LogP contribution < -0.4 is 5.43 Å². The number of rotatable bonds is 3. The van der Waals surface area contributed by atoms with E-state index in [4.69, 9.17) is 16.7 Å². The van der Waals surface area contributed by atoms with Gasteiger partial charge < -0.3 is 10.2 Å². The molecule has 0 fully saturated rings. The molecule has 2 aromatic rings. The van der Waals surface area contributed by atoms with Gasteiger partial charge >= 0.3 is 0 Å².